The first kappa shape index (κ1) is 17.2. The largest absolute Gasteiger partial charge is 0.354 e. The number of thiazole rings is 1. The Hall–Kier alpha value is -2.61. The van der Waals surface area contributed by atoms with Gasteiger partial charge in [0, 0.05) is 17.8 Å². The molecule has 1 atom stereocenters. The fourth-order valence-electron chi connectivity index (χ4n) is 2.54. The second-order valence-corrected chi connectivity index (χ2v) is 7.03. The van der Waals surface area contributed by atoms with Crippen molar-refractivity contribution < 1.29 is 4.79 Å². The van der Waals surface area contributed by atoms with Gasteiger partial charge in [0.15, 0.2) is 6.04 Å². The summed E-state index contributed by atoms with van der Waals surface area (Å²) in [6, 6.07) is 8.93. The third-order valence-electron chi connectivity index (χ3n) is 3.93. The van der Waals surface area contributed by atoms with E-state index in [2.05, 4.69) is 32.7 Å². The highest BCUT2D eigenvalue weighted by Crippen LogP contribution is 2.18. The minimum Gasteiger partial charge on any atom is -0.354 e. The first-order valence-corrected chi connectivity index (χ1v) is 8.95. The summed E-state index contributed by atoms with van der Waals surface area (Å²) in [5.74, 6) is -0.120. The lowest BCUT2D eigenvalue weighted by molar-refractivity contribution is -0.123. The third-order valence-corrected chi connectivity index (χ3v) is 5.07. The SMILES string of the molecule is Cc1nc(CCCNC(=O)[C@H](c2ccccc2)n2cnnn2)sc1C. The quantitative estimate of drug-likeness (QED) is 0.655. The highest BCUT2D eigenvalue weighted by atomic mass is 32.1. The maximum atomic E-state index is 12.7. The highest BCUT2D eigenvalue weighted by molar-refractivity contribution is 7.11. The van der Waals surface area contributed by atoms with Crippen LogP contribution in [-0.2, 0) is 11.2 Å². The summed E-state index contributed by atoms with van der Waals surface area (Å²) in [5, 5.41) is 15.3. The zero-order chi connectivity index (χ0) is 17.6. The van der Waals surface area contributed by atoms with Gasteiger partial charge >= 0.3 is 0 Å². The van der Waals surface area contributed by atoms with Crippen LogP contribution in [0.25, 0.3) is 0 Å². The van der Waals surface area contributed by atoms with Crippen LogP contribution in [0.4, 0.5) is 0 Å². The molecule has 0 fully saturated rings. The maximum Gasteiger partial charge on any atom is 0.249 e. The van der Waals surface area contributed by atoms with E-state index in [0.29, 0.717) is 6.54 Å². The van der Waals surface area contributed by atoms with Gasteiger partial charge in [-0.3, -0.25) is 4.79 Å². The highest BCUT2D eigenvalue weighted by Gasteiger charge is 2.23. The molecule has 3 rings (SSSR count). The van der Waals surface area contributed by atoms with Crippen LogP contribution >= 0.6 is 11.3 Å². The number of nitrogens with one attached hydrogen (secondary N) is 1. The molecule has 3 aromatic rings. The fourth-order valence-corrected chi connectivity index (χ4v) is 3.52. The number of carbonyl (C=O) groups is 1. The molecule has 8 heteroatoms. The molecule has 1 aromatic carbocycles. The van der Waals surface area contributed by atoms with E-state index in [1.807, 2.05) is 37.3 Å². The van der Waals surface area contributed by atoms with Gasteiger partial charge in [-0.25, -0.2) is 9.67 Å². The first-order valence-electron chi connectivity index (χ1n) is 8.13. The number of benzene rings is 1. The van der Waals surface area contributed by atoms with Gasteiger partial charge in [0.05, 0.1) is 10.7 Å². The molecule has 0 aliphatic rings. The van der Waals surface area contributed by atoms with Crippen LogP contribution in [-0.4, -0.2) is 37.6 Å². The molecule has 0 aliphatic carbocycles. The van der Waals surface area contributed by atoms with Gasteiger partial charge in [0.1, 0.15) is 6.33 Å². The molecule has 7 nitrogen and oxygen atoms in total. The molecule has 1 amide bonds. The van der Waals surface area contributed by atoms with Crippen LogP contribution in [0, 0.1) is 13.8 Å². The van der Waals surface area contributed by atoms with E-state index in [0.717, 1.165) is 29.1 Å². The Bertz CT molecular complexity index is 796. The van der Waals surface area contributed by atoms with Gasteiger partial charge in [-0.2, -0.15) is 0 Å². The summed E-state index contributed by atoms with van der Waals surface area (Å²) in [7, 11) is 0. The average Bonchev–Trinajstić information content (AvgIpc) is 3.24. The van der Waals surface area contributed by atoms with E-state index in [1.54, 1.807) is 11.3 Å². The van der Waals surface area contributed by atoms with Crippen molar-refractivity contribution in [3.05, 3.63) is 57.8 Å². The minimum atomic E-state index is -0.569. The van der Waals surface area contributed by atoms with Crippen molar-refractivity contribution in [2.45, 2.75) is 32.7 Å². The molecule has 0 saturated heterocycles. The monoisotopic (exact) mass is 356 g/mol. The molecule has 25 heavy (non-hydrogen) atoms. The standard InChI is InChI=1S/C17H20N6OS/c1-12-13(2)25-15(20-12)9-6-10-18-17(24)16(23-11-19-21-22-23)14-7-4-3-5-8-14/h3-5,7-8,11,16H,6,9-10H2,1-2H3,(H,18,24)/t16-/m0/s1. The summed E-state index contributed by atoms with van der Waals surface area (Å²) in [4.78, 5) is 18.4. The number of hydrogen-bond donors (Lipinski definition) is 1. The molecule has 130 valence electrons. The van der Waals surface area contributed by atoms with Crippen LogP contribution in [0.5, 0.6) is 0 Å². The van der Waals surface area contributed by atoms with Crippen molar-refractivity contribution in [3.63, 3.8) is 0 Å². The van der Waals surface area contributed by atoms with Crippen molar-refractivity contribution in [2.75, 3.05) is 6.54 Å². The number of tetrazole rings is 1. The Morgan fingerprint density at radius 2 is 2.08 bits per heavy atom. The predicted molar refractivity (Wildman–Crippen MR) is 95.3 cm³/mol. The second kappa shape index (κ2) is 7.98. The van der Waals surface area contributed by atoms with Crippen LogP contribution in [0.2, 0.25) is 0 Å². The summed E-state index contributed by atoms with van der Waals surface area (Å²) in [6.45, 7) is 4.69. The molecule has 0 saturated carbocycles. The van der Waals surface area contributed by atoms with Crippen molar-refractivity contribution in [1.82, 2.24) is 30.5 Å². The minimum absolute atomic E-state index is 0.120. The van der Waals surface area contributed by atoms with E-state index in [-0.39, 0.29) is 5.91 Å². The van der Waals surface area contributed by atoms with Crippen molar-refractivity contribution in [2.24, 2.45) is 0 Å². The topological polar surface area (TPSA) is 85.6 Å². The first-order chi connectivity index (χ1) is 12.1. The summed E-state index contributed by atoms with van der Waals surface area (Å²) >= 11 is 1.72. The number of amides is 1. The number of rotatable bonds is 7. The van der Waals surface area contributed by atoms with E-state index in [1.165, 1.54) is 15.9 Å². The van der Waals surface area contributed by atoms with E-state index >= 15 is 0 Å². The Morgan fingerprint density at radius 3 is 2.72 bits per heavy atom. The zero-order valence-electron chi connectivity index (χ0n) is 14.2. The van der Waals surface area contributed by atoms with Gasteiger partial charge in [0.2, 0.25) is 5.91 Å². The van der Waals surface area contributed by atoms with Crippen molar-refractivity contribution in [1.29, 1.82) is 0 Å². The van der Waals surface area contributed by atoms with Crippen molar-refractivity contribution >= 4 is 17.2 Å². The maximum absolute atomic E-state index is 12.7. The lowest BCUT2D eigenvalue weighted by atomic mass is 10.1. The number of carbonyl (C=O) groups excluding carboxylic acids is 1. The Morgan fingerprint density at radius 1 is 1.28 bits per heavy atom. The Balaban J connectivity index is 1.59. The Labute approximate surface area is 150 Å². The zero-order valence-corrected chi connectivity index (χ0v) is 15.0. The molecule has 2 aromatic heterocycles. The second-order valence-electron chi connectivity index (χ2n) is 5.75. The molecular weight excluding hydrogens is 336 g/mol. The lowest BCUT2D eigenvalue weighted by Crippen LogP contribution is -2.34. The molecule has 0 radical (unpaired) electrons. The predicted octanol–water partition coefficient (Wildman–Crippen LogP) is 2.08. The smallest absolute Gasteiger partial charge is 0.249 e. The molecule has 2 heterocycles. The molecule has 0 spiro atoms. The molecule has 1 N–H and O–H groups in total. The van der Waals surface area contributed by atoms with Gasteiger partial charge in [-0.15, -0.1) is 16.4 Å². The molecule has 0 bridgehead atoms. The molecule has 0 unspecified atom stereocenters. The number of aromatic nitrogens is 5. The Kier molecular flexibility index (Phi) is 5.49. The van der Waals surface area contributed by atoms with Gasteiger partial charge < -0.3 is 5.32 Å². The average molecular weight is 356 g/mol. The van der Waals surface area contributed by atoms with E-state index in [4.69, 9.17) is 0 Å². The van der Waals surface area contributed by atoms with Gasteiger partial charge in [-0.1, -0.05) is 30.3 Å². The summed E-state index contributed by atoms with van der Waals surface area (Å²) < 4.78 is 1.47. The van der Waals surface area contributed by atoms with Gasteiger partial charge in [0.25, 0.3) is 0 Å². The lowest BCUT2D eigenvalue weighted by Gasteiger charge is -2.16. The number of hydrogen-bond acceptors (Lipinski definition) is 6. The van der Waals surface area contributed by atoms with Gasteiger partial charge in [-0.05, 0) is 36.3 Å². The van der Waals surface area contributed by atoms with Crippen LogP contribution in [0.15, 0.2) is 36.7 Å². The number of aryl methyl sites for hydroxylation is 3. The summed E-state index contributed by atoms with van der Waals surface area (Å²) in [5.41, 5.74) is 1.94. The van der Waals surface area contributed by atoms with Crippen molar-refractivity contribution in [3.8, 4) is 0 Å². The van der Waals surface area contributed by atoms with Crippen LogP contribution in [0.3, 0.4) is 0 Å². The fraction of sp³-hybridized carbons (Fsp3) is 0.353. The number of nitrogens with zero attached hydrogens (tertiary/aromatic N) is 5. The molecule has 0 aliphatic heterocycles. The van der Waals surface area contributed by atoms with E-state index in [9.17, 15) is 4.79 Å². The summed E-state index contributed by atoms with van der Waals surface area (Å²) in [6.07, 6.45) is 3.16. The van der Waals surface area contributed by atoms with Crippen LogP contribution in [0.1, 0.15) is 33.6 Å². The van der Waals surface area contributed by atoms with Crippen LogP contribution < -0.4 is 5.32 Å². The van der Waals surface area contributed by atoms with E-state index < -0.39 is 6.04 Å². The third kappa shape index (κ3) is 4.27. The normalized spacial score (nSPS) is 12.1. The molecular formula is C17H20N6OS.